The molecule has 0 amide bonds. The molecule has 0 atom stereocenters. The van der Waals surface area contributed by atoms with E-state index in [1.807, 2.05) is 0 Å². The van der Waals surface area contributed by atoms with Crippen molar-refractivity contribution in [2.24, 2.45) is 5.73 Å². The second kappa shape index (κ2) is 5.35. The summed E-state index contributed by atoms with van der Waals surface area (Å²) in [5.74, 6) is 0.0944. The van der Waals surface area contributed by atoms with Crippen LogP contribution in [0.15, 0.2) is 36.7 Å². The summed E-state index contributed by atoms with van der Waals surface area (Å²) < 4.78 is 5.52. The van der Waals surface area contributed by atoms with Crippen LogP contribution in [-0.4, -0.2) is 15.7 Å². The molecule has 1 heterocycles. The van der Waals surface area contributed by atoms with Gasteiger partial charge < -0.3 is 10.5 Å². The van der Waals surface area contributed by atoms with Crippen LogP contribution < -0.4 is 10.5 Å². The lowest BCUT2D eigenvalue weighted by Gasteiger charge is -2.10. The van der Waals surface area contributed by atoms with Crippen molar-refractivity contribution in [1.82, 2.24) is 4.98 Å². The van der Waals surface area contributed by atoms with E-state index in [1.54, 1.807) is 19.1 Å². The van der Waals surface area contributed by atoms with Crippen molar-refractivity contribution < 1.29 is 9.66 Å². The van der Waals surface area contributed by atoms with Crippen LogP contribution in [0.3, 0.4) is 0 Å². The van der Waals surface area contributed by atoms with E-state index in [0.29, 0.717) is 11.1 Å². The number of aromatic nitrogens is 1. The highest BCUT2D eigenvalue weighted by Crippen LogP contribution is 2.34. The topological polar surface area (TPSA) is 115 Å². The highest BCUT2D eigenvalue weighted by Gasteiger charge is 2.20. The molecule has 20 heavy (non-hydrogen) atoms. The van der Waals surface area contributed by atoms with Gasteiger partial charge in [0, 0.05) is 11.8 Å². The number of nitrogens with zero attached hydrogens (tertiary/aromatic N) is 2. The number of rotatable bonds is 4. The van der Waals surface area contributed by atoms with E-state index in [4.69, 9.17) is 15.9 Å². The van der Waals surface area contributed by atoms with Crippen LogP contribution in [-0.2, 0) is 0 Å². The number of para-hydroxylation sites is 1. The Bertz CT molecular complexity index is 685. The molecule has 0 radical (unpaired) electrons. The van der Waals surface area contributed by atoms with Gasteiger partial charge in [0.1, 0.15) is 5.84 Å². The third-order valence-electron chi connectivity index (χ3n) is 2.68. The average Bonchev–Trinajstić information content (AvgIpc) is 2.38. The molecule has 0 aliphatic carbocycles. The van der Waals surface area contributed by atoms with Gasteiger partial charge in [-0.1, -0.05) is 12.1 Å². The molecule has 0 aliphatic rings. The molecule has 0 aliphatic heterocycles. The lowest BCUT2D eigenvalue weighted by Crippen LogP contribution is -2.12. The van der Waals surface area contributed by atoms with Crippen molar-refractivity contribution >= 4 is 11.5 Å². The Labute approximate surface area is 114 Å². The first-order valence-electron chi connectivity index (χ1n) is 5.71. The van der Waals surface area contributed by atoms with Crippen LogP contribution in [0.5, 0.6) is 11.5 Å². The van der Waals surface area contributed by atoms with Crippen molar-refractivity contribution in [2.75, 3.05) is 0 Å². The Morgan fingerprint density at radius 2 is 2.15 bits per heavy atom. The van der Waals surface area contributed by atoms with E-state index < -0.39 is 4.92 Å². The second-order valence-electron chi connectivity index (χ2n) is 4.07. The molecule has 7 nitrogen and oxygen atoms in total. The third-order valence-corrected chi connectivity index (χ3v) is 2.68. The molecule has 0 saturated heterocycles. The zero-order valence-corrected chi connectivity index (χ0v) is 10.7. The van der Waals surface area contributed by atoms with Gasteiger partial charge in [-0.15, -0.1) is 0 Å². The van der Waals surface area contributed by atoms with Crippen molar-refractivity contribution in [2.45, 2.75) is 6.92 Å². The van der Waals surface area contributed by atoms with Gasteiger partial charge in [0.25, 0.3) is 0 Å². The predicted molar refractivity (Wildman–Crippen MR) is 73.2 cm³/mol. The maximum absolute atomic E-state index is 11.1. The summed E-state index contributed by atoms with van der Waals surface area (Å²) in [5, 5.41) is 18.6. The van der Waals surface area contributed by atoms with E-state index >= 15 is 0 Å². The van der Waals surface area contributed by atoms with Crippen molar-refractivity contribution in [3.8, 4) is 11.5 Å². The van der Waals surface area contributed by atoms with Crippen LogP contribution in [0.25, 0.3) is 0 Å². The molecule has 2 aromatic rings. The van der Waals surface area contributed by atoms with Gasteiger partial charge in [-0.25, -0.2) is 0 Å². The summed E-state index contributed by atoms with van der Waals surface area (Å²) in [6.07, 6.45) is 2.83. The van der Waals surface area contributed by atoms with Crippen molar-refractivity contribution in [3.05, 3.63) is 57.9 Å². The molecule has 1 aromatic heterocycles. The number of aryl methyl sites for hydroxylation is 1. The monoisotopic (exact) mass is 272 g/mol. The molecule has 2 rings (SSSR count). The number of nitro groups is 1. The van der Waals surface area contributed by atoms with Crippen LogP contribution in [0, 0.1) is 22.4 Å². The zero-order valence-electron chi connectivity index (χ0n) is 10.7. The number of nitrogen functional groups attached to an aromatic ring is 1. The maximum atomic E-state index is 11.1. The Kier molecular flexibility index (Phi) is 3.60. The lowest BCUT2D eigenvalue weighted by atomic mass is 10.2. The summed E-state index contributed by atoms with van der Waals surface area (Å²) in [6.45, 7) is 1.63. The fraction of sp³-hybridized carbons (Fsp3) is 0.0769. The van der Waals surface area contributed by atoms with Gasteiger partial charge in [0.2, 0.25) is 5.75 Å². The van der Waals surface area contributed by atoms with Crippen LogP contribution in [0.1, 0.15) is 11.1 Å². The van der Waals surface area contributed by atoms with Gasteiger partial charge in [0.15, 0.2) is 5.75 Å². The number of pyridine rings is 1. The smallest absolute Gasteiger partial charge is 0.314 e. The van der Waals surface area contributed by atoms with Gasteiger partial charge in [-0.05, 0) is 19.1 Å². The standard InChI is InChI=1S/C13H12N4O3/c1-8-3-2-4-10(12(8)17(18)19)20-11-7-16-6-5-9(11)13(14)15/h2-7H,1H3,(H3,14,15). The van der Waals surface area contributed by atoms with Crippen molar-refractivity contribution in [1.29, 1.82) is 5.41 Å². The molecular weight excluding hydrogens is 260 g/mol. The van der Waals surface area contributed by atoms with Gasteiger partial charge in [0.05, 0.1) is 16.7 Å². The average molecular weight is 272 g/mol. The predicted octanol–water partition coefficient (Wildman–Crippen LogP) is 2.37. The Morgan fingerprint density at radius 1 is 1.40 bits per heavy atom. The van der Waals surface area contributed by atoms with Crippen LogP contribution >= 0.6 is 0 Å². The van der Waals surface area contributed by atoms with E-state index in [9.17, 15) is 10.1 Å². The number of hydrogen-bond acceptors (Lipinski definition) is 5. The molecule has 0 saturated carbocycles. The number of benzene rings is 1. The molecule has 0 fully saturated rings. The molecule has 102 valence electrons. The normalized spacial score (nSPS) is 10.1. The SMILES string of the molecule is Cc1cccc(Oc2cnccc2C(=N)N)c1[N+](=O)[O-]. The highest BCUT2D eigenvalue weighted by atomic mass is 16.6. The first-order chi connectivity index (χ1) is 9.50. The molecule has 7 heteroatoms. The van der Waals surface area contributed by atoms with Gasteiger partial charge in [-0.3, -0.25) is 20.5 Å². The van der Waals surface area contributed by atoms with Gasteiger partial charge >= 0.3 is 5.69 Å². The van der Waals surface area contributed by atoms with E-state index in [0.717, 1.165) is 0 Å². The fourth-order valence-electron chi connectivity index (χ4n) is 1.75. The summed E-state index contributed by atoms with van der Waals surface area (Å²) in [7, 11) is 0. The summed E-state index contributed by atoms with van der Waals surface area (Å²) >= 11 is 0. The maximum Gasteiger partial charge on any atom is 0.314 e. The van der Waals surface area contributed by atoms with Gasteiger partial charge in [-0.2, -0.15) is 0 Å². The zero-order chi connectivity index (χ0) is 14.7. The highest BCUT2D eigenvalue weighted by molar-refractivity contribution is 5.97. The second-order valence-corrected chi connectivity index (χ2v) is 4.07. The first-order valence-corrected chi connectivity index (χ1v) is 5.71. The first kappa shape index (κ1) is 13.5. The number of nitrogens with two attached hydrogens (primary N) is 1. The quantitative estimate of drug-likeness (QED) is 0.383. The number of nitrogens with one attached hydrogen (secondary N) is 1. The minimum atomic E-state index is -0.505. The Hall–Kier alpha value is -2.96. The minimum absolute atomic E-state index is 0.0884. The molecule has 1 aromatic carbocycles. The molecule has 0 bridgehead atoms. The lowest BCUT2D eigenvalue weighted by molar-refractivity contribution is -0.386. The number of nitro benzene ring substituents is 1. The number of hydrogen-bond donors (Lipinski definition) is 2. The summed E-state index contributed by atoms with van der Waals surface area (Å²) in [6, 6.07) is 6.28. The Morgan fingerprint density at radius 3 is 2.80 bits per heavy atom. The largest absolute Gasteiger partial charge is 0.448 e. The molecule has 0 spiro atoms. The summed E-state index contributed by atoms with van der Waals surface area (Å²) in [4.78, 5) is 14.5. The van der Waals surface area contributed by atoms with Crippen LogP contribution in [0.4, 0.5) is 5.69 Å². The molecular formula is C13H12N4O3. The fourth-order valence-corrected chi connectivity index (χ4v) is 1.75. The minimum Gasteiger partial charge on any atom is -0.448 e. The molecule has 0 unspecified atom stereocenters. The van der Waals surface area contributed by atoms with E-state index in [2.05, 4.69) is 4.98 Å². The number of ether oxygens (including phenoxy) is 1. The Balaban J connectivity index is 2.49. The van der Waals surface area contributed by atoms with Crippen LogP contribution in [0.2, 0.25) is 0 Å². The van der Waals surface area contributed by atoms with E-state index in [1.165, 1.54) is 24.5 Å². The number of amidine groups is 1. The van der Waals surface area contributed by atoms with Crippen molar-refractivity contribution in [3.63, 3.8) is 0 Å². The molecule has 3 N–H and O–H groups in total. The third kappa shape index (κ3) is 2.56. The van der Waals surface area contributed by atoms with E-state index in [-0.39, 0.29) is 23.0 Å². The summed E-state index contributed by atoms with van der Waals surface area (Å²) in [5.41, 5.74) is 6.13.